The smallest absolute Gasteiger partial charge is 0.0860 e. The second-order valence-corrected chi connectivity index (χ2v) is 5.22. The molecule has 2 fully saturated rings. The highest BCUT2D eigenvalue weighted by atomic mass is 16.3. The number of fused-ring (bicyclic) bond motifs is 2. The van der Waals surface area contributed by atoms with Gasteiger partial charge >= 0.3 is 0 Å². The van der Waals surface area contributed by atoms with Crippen molar-refractivity contribution in [3.63, 3.8) is 0 Å². The van der Waals surface area contributed by atoms with Crippen LogP contribution in [0.15, 0.2) is 0 Å². The lowest BCUT2D eigenvalue weighted by atomic mass is 9.70. The molecule has 2 aliphatic carbocycles. The van der Waals surface area contributed by atoms with Crippen LogP contribution in [0.4, 0.5) is 0 Å². The van der Waals surface area contributed by atoms with E-state index >= 15 is 0 Å². The Bertz CT molecular complexity index is 212. The number of hydrogen-bond donors (Lipinski definition) is 2. The minimum atomic E-state index is -0.508. The van der Waals surface area contributed by atoms with Gasteiger partial charge in [0.1, 0.15) is 0 Å². The van der Waals surface area contributed by atoms with E-state index in [0.29, 0.717) is 5.92 Å². The SMILES string of the molecule is CC12CC[C@H](C(O)C1O)C2(C)C. The van der Waals surface area contributed by atoms with Crippen LogP contribution in [0.1, 0.15) is 33.6 Å². The molecule has 0 saturated heterocycles. The Balaban J connectivity index is 2.44. The Morgan fingerprint density at radius 3 is 2.00 bits per heavy atom. The van der Waals surface area contributed by atoms with Crippen LogP contribution in [0.5, 0.6) is 0 Å². The van der Waals surface area contributed by atoms with Gasteiger partial charge < -0.3 is 10.2 Å². The maximum atomic E-state index is 9.83. The monoisotopic (exact) mass is 170 g/mol. The zero-order valence-electron chi connectivity index (χ0n) is 8.04. The molecule has 2 N–H and O–H groups in total. The first kappa shape index (κ1) is 8.52. The molecule has 0 spiro atoms. The largest absolute Gasteiger partial charge is 0.390 e. The third-order valence-electron chi connectivity index (χ3n) is 4.76. The van der Waals surface area contributed by atoms with E-state index in [1.807, 2.05) is 0 Å². The summed E-state index contributed by atoms with van der Waals surface area (Å²) < 4.78 is 0. The molecule has 3 unspecified atom stereocenters. The fourth-order valence-electron chi connectivity index (χ4n) is 3.29. The van der Waals surface area contributed by atoms with Crippen molar-refractivity contribution in [2.75, 3.05) is 0 Å². The summed E-state index contributed by atoms with van der Waals surface area (Å²) in [6.45, 7) is 6.45. The summed E-state index contributed by atoms with van der Waals surface area (Å²) in [5, 5.41) is 19.6. The highest BCUT2D eigenvalue weighted by Gasteiger charge is 2.65. The fourth-order valence-corrected chi connectivity index (χ4v) is 3.29. The summed E-state index contributed by atoms with van der Waals surface area (Å²) in [6, 6.07) is 0. The molecule has 0 aromatic rings. The number of rotatable bonds is 0. The molecule has 4 atom stereocenters. The van der Waals surface area contributed by atoms with Gasteiger partial charge in [-0.25, -0.2) is 0 Å². The van der Waals surface area contributed by atoms with Crippen LogP contribution < -0.4 is 0 Å². The van der Waals surface area contributed by atoms with Crippen LogP contribution >= 0.6 is 0 Å². The molecule has 0 aliphatic heterocycles. The van der Waals surface area contributed by atoms with Crippen molar-refractivity contribution in [2.24, 2.45) is 16.7 Å². The van der Waals surface area contributed by atoms with Crippen LogP contribution in [0, 0.1) is 16.7 Å². The van der Waals surface area contributed by atoms with Crippen molar-refractivity contribution in [1.82, 2.24) is 0 Å². The van der Waals surface area contributed by atoms with Crippen molar-refractivity contribution in [3.05, 3.63) is 0 Å². The van der Waals surface area contributed by atoms with Crippen molar-refractivity contribution in [3.8, 4) is 0 Å². The summed E-state index contributed by atoms with van der Waals surface area (Å²) in [5.41, 5.74) is 0.0446. The van der Waals surface area contributed by atoms with E-state index < -0.39 is 12.2 Å². The molecule has 2 rings (SSSR count). The van der Waals surface area contributed by atoms with E-state index in [1.165, 1.54) is 0 Å². The molecule has 2 nitrogen and oxygen atoms in total. The first-order valence-electron chi connectivity index (χ1n) is 4.77. The quantitative estimate of drug-likeness (QED) is 0.573. The van der Waals surface area contributed by atoms with Gasteiger partial charge in [0.25, 0.3) is 0 Å². The minimum absolute atomic E-state index is 0.0584. The maximum absolute atomic E-state index is 9.83. The van der Waals surface area contributed by atoms with Gasteiger partial charge in [-0.05, 0) is 24.2 Å². The van der Waals surface area contributed by atoms with E-state index in [0.717, 1.165) is 12.8 Å². The molecule has 2 heteroatoms. The molecule has 0 radical (unpaired) electrons. The van der Waals surface area contributed by atoms with E-state index in [4.69, 9.17) is 0 Å². The van der Waals surface area contributed by atoms with E-state index in [-0.39, 0.29) is 10.8 Å². The van der Waals surface area contributed by atoms with Crippen LogP contribution in [0.3, 0.4) is 0 Å². The fraction of sp³-hybridized carbons (Fsp3) is 1.00. The highest BCUT2D eigenvalue weighted by Crippen LogP contribution is 2.65. The van der Waals surface area contributed by atoms with Crippen molar-refractivity contribution in [2.45, 2.75) is 45.8 Å². The standard InChI is InChI=1S/C10H18O2/c1-9(2)6-4-5-10(9,3)8(12)7(6)11/h6-8,11-12H,4-5H2,1-3H3/t6-,7?,8?,10?/m1/s1. The van der Waals surface area contributed by atoms with Gasteiger partial charge in [0, 0.05) is 5.41 Å². The molecule has 2 saturated carbocycles. The molecule has 2 bridgehead atoms. The van der Waals surface area contributed by atoms with E-state index in [9.17, 15) is 10.2 Å². The van der Waals surface area contributed by atoms with Crippen molar-refractivity contribution >= 4 is 0 Å². The zero-order valence-corrected chi connectivity index (χ0v) is 8.04. The van der Waals surface area contributed by atoms with Gasteiger partial charge in [0.2, 0.25) is 0 Å². The second kappa shape index (κ2) is 2.05. The van der Waals surface area contributed by atoms with Crippen LogP contribution in [0.2, 0.25) is 0 Å². The van der Waals surface area contributed by atoms with Gasteiger partial charge in [-0.1, -0.05) is 20.8 Å². The summed E-state index contributed by atoms with van der Waals surface area (Å²) in [5.74, 6) is 0.303. The first-order chi connectivity index (χ1) is 5.41. The number of hydrogen-bond acceptors (Lipinski definition) is 2. The van der Waals surface area contributed by atoms with Gasteiger partial charge in [0.15, 0.2) is 0 Å². The molecule has 0 aromatic heterocycles. The van der Waals surface area contributed by atoms with Gasteiger partial charge in [0.05, 0.1) is 12.2 Å². The predicted molar refractivity (Wildman–Crippen MR) is 46.6 cm³/mol. The van der Waals surface area contributed by atoms with E-state index in [2.05, 4.69) is 20.8 Å². The topological polar surface area (TPSA) is 40.5 Å². The third-order valence-corrected chi connectivity index (χ3v) is 4.76. The third kappa shape index (κ3) is 0.647. The highest BCUT2D eigenvalue weighted by molar-refractivity contribution is 5.14. The molecule has 12 heavy (non-hydrogen) atoms. The predicted octanol–water partition coefficient (Wildman–Crippen LogP) is 1.16. The Kier molecular flexibility index (Phi) is 1.45. The van der Waals surface area contributed by atoms with Crippen molar-refractivity contribution in [1.29, 1.82) is 0 Å². The van der Waals surface area contributed by atoms with Gasteiger partial charge in [-0.15, -0.1) is 0 Å². The van der Waals surface area contributed by atoms with Crippen LogP contribution in [-0.4, -0.2) is 22.4 Å². The Morgan fingerprint density at radius 1 is 1.17 bits per heavy atom. The van der Waals surface area contributed by atoms with Gasteiger partial charge in [-0.2, -0.15) is 0 Å². The maximum Gasteiger partial charge on any atom is 0.0860 e. The zero-order chi connectivity index (χ0) is 9.15. The summed E-state index contributed by atoms with van der Waals surface area (Å²) in [4.78, 5) is 0. The molecule has 70 valence electrons. The van der Waals surface area contributed by atoms with Crippen LogP contribution in [0.25, 0.3) is 0 Å². The average Bonchev–Trinajstić information content (AvgIpc) is 2.26. The Hall–Kier alpha value is -0.0800. The number of aliphatic hydroxyl groups is 2. The molecule has 2 aliphatic rings. The first-order valence-corrected chi connectivity index (χ1v) is 4.77. The summed E-state index contributed by atoms with van der Waals surface area (Å²) in [7, 11) is 0. The average molecular weight is 170 g/mol. The normalized spacial score (nSPS) is 56.2. The molecular formula is C10H18O2. The molecule has 0 heterocycles. The second-order valence-electron chi connectivity index (χ2n) is 5.22. The summed E-state index contributed by atoms with van der Waals surface area (Å²) >= 11 is 0. The Labute approximate surface area is 73.6 Å². The lowest BCUT2D eigenvalue weighted by Gasteiger charge is -2.36. The Morgan fingerprint density at radius 2 is 1.75 bits per heavy atom. The molecule has 0 aromatic carbocycles. The minimum Gasteiger partial charge on any atom is -0.390 e. The molecule has 0 amide bonds. The van der Waals surface area contributed by atoms with E-state index in [1.54, 1.807) is 0 Å². The summed E-state index contributed by atoms with van der Waals surface area (Å²) in [6.07, 6.45) is 1.13. The lowest BCUT2D eigenvalue weighted by molar-refractivity contribution is -0.0508. The lowest BCUT2D eigenvalue weighted by Crippen LogP contribution is -2.39. The van der Waals surface area contributed by atoms with Gasteiger partial charge in [-0.3, -0.25) is 0 Å². The van der Waals surface area contributed by atoms with Crippen LogP contribution in [-0.2, 0) is 0 Å². The molecular weight excluding hydrogens is 152 g/mol. The number of aliphatic hydroxyl groups excluding tert-OH is 2. The van der Waals surface area contributed by atoms with Crippen molar-refractivity contribution < 1.29 is 10.2 Å².